The third-order valence-corrected chi connectivity index (χ3v) is 5.72. The Bertz CT molecular complexity index is 415. The Labute approximate surface area is 170 Å². The fourth-order valence-corrected chi connectivity index (χ4v) is 4.00. The Morgan fingerprint density at radius 1 is 1.08 bits per heavy atom. The van der Waals surface area contributed by atoms with E-state index in [0.29, 0.717) is 6.61 Å². The van der Waals surface area contributed by atoms with Crippen LogP contribution >= 0.6 is 24.0 Å². The molecule has 6 heteroatoms. The van der Waals surface area contributed by atoms with Gasteiger partial charge >= 0.3 is 5.97 Å². The molecule has 25 heavy (non-hydrogen) atoms. The summed E-state index contributed by atoms with van der Waals surface area (Å²) in [5, 5.41) is 3.57. The van der Waals surface area contributed by atoms with Crippen LogP contribution in [0.25, 0.3) is 0 Å². The molecule has 0 aromatic rings. The van der Waals surface area contributed by atoms with E-state index in [4.69, 9.17) is 4.74 Å². The number of hydrogen-bond donors (Lipinski definition) is 1. The summed E-state index contributed by atoms with van der Waals surface area (Å²) in [5.74, 6) is 2.75. The zero-order valence-electron chi connectivity index (χ0n) is 16.1. The number of ether oxygens (including phenoxy) is 1. The van der Waals surface area contributed by atoms with Gasteiger partial charge in [0.1, 0.15) is 0 Å². The molecule has 5 nitrogen and oxygen atoms in total. The topological polar surface area (TPSA) is 53.9 Å². The van der Waals surface area contributed by atoms with Crippen LogP contribution in [0, 0.1) is 17.8 Å². The lowest BCUT2D eigenvalue weighted by atomic mass is 9.81. The van der Waals surface area contributed by atoms with Gasteiger partial charge in [0, 0.05) is 26.7 Å². The first-order chi connectivity index (χ1) is 11.7. The molecule has 2 fully saturated rings. The number of rotatable bonds is 5. The normalized spacial score (nSPS) is 25.2. The van der Waals surface area contributed by atoms with Gasteiger partial charge in [-0.15, -0.1) is 24.0 Å². The fourth-order valence-electron chi connectivity index (χ4n) is 4.00. The van der Waals surface area contributed by atoms with Gasteiger partial charge in [0.25, 0.3) is 0 Å². The van der Waals surface area contributed by atoms with Gasteiger partial charge in [0.05, 0.1) is 12.5 Å². The highest BCUT2D eigenvalue weighted by Gasteiger charge is 2.28. The van der Waals surface area contributed by atoms with Crippen molar-refractivity contribution in [3.05, 3.63) is 0 Å². The van der Waals surface area contributed by atoms with Crippen LogP contribution < -0.4 is 5.32 Å². The molecule has 0 bridgehead atoms. The quantitative estimate of drug-likeness (QED) is 0.292. The number of esters is 1. The number of aliphatic imine (C=N–C) groups is 1. The first-order valence-corrected chi connectivity index (χ1v) is 9.80. The summed E-state index contributed by atoms with van der Waals surface area (Å²) in [6, 6.07) is 0. The highest BCUT2D eigenvalue weighted by Crippen LogP contribution is 2.30. The molecule has 0 radical (unpaired) electrons. The van der Waals surface area contributed by atoms with Crippen LogP contribution in [0.1, 0.15) is 58.8 Å². The van der Waals surface area contributed by atoms with Gasteiger partial charge in [-0.3, -0.25) is 9.79 Å². The zero-order valence-corrected chi connectivity index (χ0v) is 18.5. The number of likely N-dealkylation sites (tertiary alicyclic amines) is 1. The monoisotopic (exact) mass is 465 g/mol. The van der Waals surface area contributed by atoms with Gasteiger partial charge < -0.3 is 15.0 Å². The maximum Gasteiger partial charge on any atom is 0.309 e. The van der Waals surface area contributed by atoms with Crippen molar-refractivity contribution in [3.8, 4) is 0 Å². The highest BCUT2D eigenvalue weighted by atomic mass is 127. The second kappa shape index (κ2) is 12.0. The maximum atomic E-state index is 11.8. The van der Waals surface area contributed by atoms with E-state index in [2.05, 4.69) is 22.1 Å². The molecular formula is C19H36IN3O2. The third kappa shape index (κ3) is 6.94. The Morgan fingerprint density at radius 3 is 2.20 bits per heavy atom. The van der Waals surface area contributed by atoms with Crippen LogP contribution in [0.5, 0.6) is 0 Å². The van der Waals surface area contributed by atoms with Crippen LogP contribution in [0.4, 0.5) is 0 Å². The minimum atomic E-state index is -0.0345. The number of nitrogens with one attached hydrogen (secondary N) is 1. The number of hydrogen-bond acceptors (Lipinski definition) is 3. The van der Waals surface area contributed by atoms with Crippen molar-refractivity contribution in [1.29, 1.82) is 0 Å². The number of carbonyl (C=O) groups excluding carboxylic acids is 1. The van der Waals surface area contributed by atoms with Crippen molar-refractivity contribution in [2.75, 3.05) is 33.3 Å². The number of carbonyl (C=O) groups is 1. The number of piperidine rings is 1. The van der Waals surface area contributed by atoms with Crippen molar-refractivity contribution < 1.29 is 9.53 Å². The lowest BCUT2D eigenvalue weighted by Crippen LogP contribution is -2.47. The van der Waals surface area contributed by atoms with Crippen LogP contribution in [-0.4, -0.2) is 50.1 Å². The van der Waals surface area contributed by atoms with Crippen molar-refractivity contribution in [2.45, 2.75) is 58.8 Å². The molecule has 1 saturated heterocycles. The molecule has 1 aliphatic carbocycles. The summed E-state index contributed by atoms with van der Waals surface area (Å²) in [5.41, 5.74) is 0. The molecule has 0 spiro atoms. The second-order valence-corrected chi connectivity index (χ2v) is 7.24. The molecule has 0 aromatic heterocycles. The highest BCUT2D eigenvalue weighted by molar-refractivity contribution is 14.0. The van der Waals surface area contributed by atoms with Gasteiger partial charge in [-0.05, 0) is 44.4 Å². The van der Waals surface area contributed by atoms with E-state index in [1.807, 2.05) is 14.0 Å². The summed E-state index contributed by atoms with van der Waals surface area (Å²) >= 11 is 0. The SMILES string of the molecule is CCOC(=O)C1CCN(C(=NC)NCC2CCC(CC)CC2)CC1.I. The van der Waals surface area contributed by atoms with E-state index in [1.165, 1.54) is 32.1 Å². The Kier molecular flexibility index (Phi) is 10.8. The number of nitrogens with zero attached hydrogens (tertiary/aromatic N) is 2. The largest absolute Gasteiger partial charge is 0.466 e. The van der Waals surface area contributed by atoms with Crippen molar-refractivity contribution in [1.82, 2.24) is 10.2 Å². The first-order valence-electron chi connectivity index (χ1n) is 9.80. The molecule has 1 heterocycles. The van der Waals surface area contributed by atoms with Gasteiger partial charge in [-0.1, -0.05) is 26.2 Å². The standard InChI is InChI=1S/C19H35N3O2.HI/c1-4-15-6-8-16(9-7-15)14-21-19(20-3)22-12-10-17(11-13-22)18(23)24-5-2;/h15-17H,4-14H2,1-3H3,(H,20,21);1H. The summed E-state index contributed by atoms with van der Waals surface area (Å²) in [7, 11) is 1.85. The second-order valence-electron chi connectivity index (χ2n) is 7.24. The van der Waals surface area contributed by atoms with Gasteiger partial charge in [-0.2, -0.15) is 0 Å². The van der Waals surface area contributed by atoms with Crippen LogP contribution in [-0.2, 0) is 9.53 Å². The molecule has 1 N–H and O–H groups in total. The Hall–Kier alpha value is -0.530. The summed E-state index contributed by atoms with van der Waals surface area (Å²) in [4.78, 5) is 18.6. The number of halogens is 1. The molecule has 1 aliphatic heterocycles. The smallest absolute Gasteiger partial charge is 0.309 e. The van der Waals surface area contributed by atoms with Gasteiger partial charge in [0.15, 0.2) is 5.96 Å². The van der Waals surface area contributed by atoms with E-state index in [9.17, 15) is 4.79 Å². The van der Waals surface area contributed by atoms with E-state index in [0.717, 1.165) is 50.3 Å². The summed E-state index contributed by atoms with van der Waals surface area (Å²) in [6.45, 7) is 7.44. The van der Waals surface area contributed by atoms with Crippen molar-refractivity contribution in [3.63, 3.8) is 0 Å². The Balaban J connectivity index is 0.00000312. The lowest BCUT2D eigenvalue weighted by Gasteiger charge is -2.34. The molecular weight excluding hydrogens is 429 g/mol. The molecule has 2 aliphatic rings. The average Bonchev–Trinajstić information content (AvgIpc) is 2.63. The average molecular weight is 465 g/mol. The summed E-state index contributed by atoms with van der Waals surface area (Å²) < 4.78 is 5.14. The predicted octanol–water partition coefficient (Wildman–Crippen LogP) is 3.67. The molecule has 146 valence electrons. The predicted molar refractivity (Wildman–Crippen MR) is 113 cm³/mol. The number of guanidine groups is 1. The van der Waals surface area contributed by atoms with Crippen molar-refractivity contribution >= 4 is 35.9 Å². The van der Waals surface area contributed by atoms with E-state index in [-0.39, 0.29) is 35.9 Å². The van der Waals surface area contributed by atoms with E-state index in [1.54, 1.807) is 0 Å². The zero-order chi connectivity index (χ0) is 17.4. The molecule has 0 aromatic carbocycles. The van der Waals surface area contributed by atoms with E-state index >= 15 is 0 Å². The maximum absolute atomic E-state index is 11.8. The van der Waals surface area contributed by atoms with Gasteiger partial charge in [-0.25, -0.2) is 0 Å². The molecule has 1 saturated carbocycles. The van der Waals surface area contributed by atoms with Crippen LogP contribution in [0.3, 0.4) is 0 Å². The van der Waals surface area contributed by atoms with E-state index < -0.39 is 0 Å². The van der Waals surface area contributed by atoms with Gasteiger partial charge in [0.2, 0.25) is 0 Å². The Morgan fingerprint density at radius 2 is 1.68 bits per heavy atom. The third-order valence-electron chi connectivity index (χ3n) is 5.72. The lowest BCUT2D eigenvalue weighted by molar-refractivity contribution is -0.149. The molecule has 0 amide bonds. The molecule has 0 unspecified atom stereocenters. The minimum absolute atomic E-state index is 0. The molecule has 0 atom stereocenters. The summed E-state index contributed by atoms with van der Waals surface area (Å²) in [6.07, 6.45) is 8.50. The van der Waals surface area contributed by atoms with Crippen LogP contribution in [0.15, 0.2) is 4.99 Å². The van der Waals surface area contributed by atoms with Crippen molar-refractivity contribution in [2.24, 2.45) is 22.7 Å². The first kappa shape index (κ1) is 22.5. The molecule has 2 rings (SSSR count). The fraction of sp³-hybridized carbons (Fsp3) is 0.895. The van der Waals surface area contributed by atoms with Crippen LogP contribution in [0.2, 0.25) is 0 Å². The minimum Gasteiger partial charge on any atom is -0.466 e.